The van der Waals surface area contributed by atoms with Crippen LogP contribution >= 0.6 is 11.3 Å². The Hall–Kier alpha value is -3.20. The van der Waals surface area contributed by atoms with Gasteiger partial charge in [-0.15, -0.1) is 11.3 Å². The van der Waals surface area contributed by atoms with Crippen molar-refractivity contribution >= 4 is 29.2 Å². The second-order valence-electron chi connectivity index (χ2n) is 6.99. The quantitative estimate of drug-likeness (QED) is 0.508. The van der Waals surface area contributed by atoms with Gasteiger partial charge in [-0.2, -0.15) is 26.3 Å². The summed E-state index contributed by atoms with van der Waals surface area (Å²) in [6, 6.07) is 6.05. The Labute approximate surface area is 198 Å². The largest absolute Gasteiger partial charge is 0.490 e. The number of thiophene rings is 1. The Balaban J connectivity index is 0.000000362. The molecule has 3 N–H and O–H groups in total. The van der Waals surface area contributed by atoms with Gasteiger partial charge in [-0.25, -0.2) is 14.4 Å². The molecule has 0 radical (unpaired) electrons. The average molecular weight is 530 g/mol. The monoisotopic (exact) mass is 530 g/mol. The molecule has 0 spiro atoms. The maximum absolute atomic E-state index is 11.2. The zero-order chi connectivity index (χ0) is 27.0. The van der Waals surface area contributed by atoms with Crippen LogP contribution in [0, 0.1) is 6.92 Å². The molecule has 15 heteroatoms. The SMILES string of the molecule is Cc1nc2c(cc1C(=O)O)CCN(Cc1cccs1)CC2.O=C(O)C(F)(F)F.O=C(O)C(F)(F)F. The Morgan fingerprint density at radius 3 is 1.94 bits per heavy atom. The summed E-state index contributed by atoms with van der Waals surface area (Å²) in [4.78, 5) is 37.3. The number of aliphatic carboxylic acids is 2. The lowest BCUT2D eigenvalue weighted by Gasteiger charge is -2.18. The number of halogens is 6. The van der Waals surface area contributed by atoms with Gasteiger partial charge in [-0.05, 0) is 36.4 Å². The molecule has 3 rings (SSSR count). The van der Waals surface area contributed by atoms with Crippen molar-refractivity contribution in [1.29, 1.82) is 0 Å². The zero-order valence-electron chi connectivity index (χ0n) is 18.0. The minimum absolute atomic E-state index is 0.334. The molecule has 2 aromatic rings. The Kier molecular flexibility index (Phi) is 10.6. The van der Waals surface area contributed by atoms with Gasteiger partial charge in [0.05, 0.1) is 11.3 Å². The summed E-state index contributed by atoms with van der Waals surface area (Å²) in [5.74, 6) is -6.40. The molecule has 0 saturated heterocycles. The first-order valence-electron chi connectivity index (χ1n) is 9.60. The lowest BCUT2D eigenvalue weighted by molar-refractivity contribution is -0.193. The summed E-state index contributed by atoms with van der Waals surface area (Å²) >= 11 is 1.78. The van der Waals surface area contributed by atoms with E-state index in [0.717, 1.165) is 43.7 Å². The van der Waals surface area contributed by atoms with E-state index in [0.29, 0.717) is 11.3 Å². The van der Waals surface area contributed by atoms with E-state index in [1.807, 2.05) is 6.07 Å². The minimum Gasteiger partial charge on any atom is -0.478 e. The molecule has 0 fully saturated rings. The van der Waals surface area contributed by atoms with Crippen LogP contribution in [0.2, 0.25) is 0 Å². The number of hydrogen-bond acceptors (Lipinski definition) is 6. The molecule has 0 aliphatic carbocycles. The van der Waals surface area contributed by atoms with Crippen LogP contribution in [0.15, 0.2) is 23.6 Å². The third kappa shape index (κ3) is 10.3. The highest BCUT2D eigenvalue weighted by molar-refractivity contribution is 7.09. The van der Waals surface area contributed by atoms with Gasteiger partial charge in [0.2, 0.25) is 0 Å². The lowest BCUT2D eigenvalue weighted by atomic mass is 10.0. The normalized spacial score (nSPS) is 13.8. The average Bonchev–Trinajstić information content (AvgIpc) is 3.15. The van der Waals surface area contributed by atoms with Crippen LogP contribution in [-0.2, 0) is 29.0 Å². The third-order valence-corrected chi connectivity index (χ3v) is 5.28. The Morgan fingerprint density at radius 1 is 1.00 bits per heavy atom. The highest BCUT2D eigenvalue weighted by atomic mass is 32.1. The number of carboxylic acid groups (broad SMARTS) is 3. The summed E-state index contributed by atoms with van der Waals surface area (Å²) < 4.78 is 63.5. The molecule has 8 nitrogen and oxygen atoms in total. The predicted octanol–water partition coefficient (Wildman–Crippen LogP) is 4.02. The van der Waals surface area contributed by atoms with Gasteiger partial charge in [0.15, 0.2) is 0 Å². The van der Waals surface area contributed by atoms with E-state index in [-0.39, 0.29) is 0 Å². The van der Waals surface area contributed by atoms with Crippen LogP contribution < -0.4 is 0 Å². The van der Waals surface area contributed by atoms with E-state index in [2.05, 4.69) is 27.4 Å². The topological polar surface area (TPSA) is 128 Å². The fourth-order valence-corrected chi connectivity index (χ4v) is 3.53. The minimum atomic E-state index is -5.08. The number of hydrogen-bond donors (Lipinski definition) is 3. The van der Waals surface area contributed by atoms with E-state index in [1.54, 1.807) is 18.3 Å². The standard InChI is InChI=1S/C16H18N2O2S.2C2HF3O2/c1-11-14(16(19)20)9-12-4-6-18(7-5-15(12)17-11)10-13-3-2-8-21-13;2*3-2(4,5)1(6)7/h2-3,8-9H,4-7,10H2,1H3,(H,19,20);2*(H,6,7). The summed E-state index contributed by atoms with van der Waals surface area (Å²) in [5.41, 5.74) is 3.10. The number of rotatable bonds is 3. The number of fused-ring (bicyclic) bond motifs is 1. The van der Waals surface area contributed by atoms with Crippen molar-refractivity contribution in [3.05, 3.63) is 51.0 Å². The fourth-order valence-electron chi connectivity index (χ4n) is 2.78. The second kappa shape index (κ2) is 12.5. The molecular formula is C20H20F6N2O6S. The molecule has 35 heavy (non-hydrogen) atoms. The molecule has 1 aliphatic heterocycles. The number of nitrogens with zero attached hydrogens (tertiary/aromatic N) is 2. The van der Waals surface area contributed by atoms with Crippen molar-refractivity contribution in [3.63, 3.8) is 0 Å². The first-order chi connectivity index (χ1) is 16.0. The number of aryl methyl sites for hydroxylation is 1. The number of aromatic nitrogens is 1. The van der Waals surface area contributed by atoms with Crippen LogP contribution in [0.4, 0.5) is 26.3 Å². The number of aromatic carboxylic acids is 1. The number of carboxylic acids is 3. The molecule has 0 bridgehead atoms. The Morgan fingerprint density at radius 2 is 1.51 bits per heavy atom. The van der Waals surface area contributed by atoms with Crippen molar-refractivity contribution < 1.29 is 56.0 Å². The van der Waals surface area contributed by atoms with Crippen LogP contribution in [0.25, 0.3) is 0 Å². The Bertz CT molecular complexity index is 1000. The summed E-state index contributed by atoms with van der Waals surface area (Å²) in [6.45, 7) is 4.67. The molecule has 2 aromatic heterocycles. The maximum atomic E-state index is 11.2. The highest BCUT2D eigenvalue weighted by Crippen LogP contribution is 2.20. The molecule has 0 aromatic carbocycles. The van der Waals surface area contributed by atoms with E-state index in [9.17, 15) is 36.2 Å². The van der Waals surface area contributed by atoms with Crippen LogP contribution in [0.1, 0.15) is 32.2 Å². The predicted molar refractivity (Wildman–Crippen MR) is 110 cm³/mol. The molecule has 3 heterocycles. The molecule has 1 aliphatic rings. The zero-order valence-corrected chi connectivity index (χ0v) is 18.8. The van der Waals surface area contributed by atoms with E-state index >= 15 is 0 Å². The third-order valence-electron chi connectivity index (χ3n) is 4.42. The van der Waals surface area contributed by atoms with Crippen molar-refractivity contribution in [3.8, 4) is 0 Å². The molecule has 0 saturated carbocycles. The molecule has 0 atom stereocenters. The molecular weight excluding hydrogens is 510 g/mol. The van der Waals surface area contributed by atoms with E-state index in [1.165, 1.54) is 4.88 Å². The number of alkyl halides is 6. The number of carbonyl (C=O) groups is 3. The van der Waals surface area contributed by atoms with Crippen molar-refractivity contribution in [2.75, 3.05) is 13.1 Å². The van der Waals surface area contributed by atoms with Gasteiger partial charge in [-0.1, -0.05) is 6.07 Å². The van der Waals surface area contributed by atoms with Gasteiger partial charge in [0, 0.05) is 36.6 Å². The first-order valence-corrected chi connectivity index (χ1v) is 10.5. The highest BCUT2D eigenvalue weighted by Gasteiger charge is 2.38. The fraction of sp³-hybridized carbons (Fsp3) is 0.400. The van der Waals surface area contributed by atoms with Crippen LogP contribution in [-0.4, -0.2) is 68.6 Å². The van der Waals surface area contributed by atoms with Crippen LogP contribution in [0.3, 0.4) is 0 Å². The first kappa shape index (κ1) is 29.8. The summed E-state index contributed by atoms with van der Waals surface area (Å²) in [7, 11) is 0. The maximum Gasteiger partial charge on any atom is 0.490 e. The van der Waals surface area contributed by atoms with E-state index < -0.39 is 30.3 Å². The molecule has 0 amide bonds. The van der Waals surface area contributed by atoms with Gasteiger partial charge >= 0.3 is 30.3 Å². The van der Waals surface area contributed by atoms with Crippen molar-refractivity contribution in [2.45, 2.75) is 38.7 Å². The molecule has 0 unspecified atom stereocenters. The molecule has 194 valence electrons. The van der Waals surface area contributed by atoms with Gasteiger partial charge < -0.3 is 15.3 Å². The van der Waals surface area contributed by atoms with Gasteiger partial charge in [0.1, 0.15) is 0 Å². The smallest absolute Gasteiger partial charge is 0.478 e. The van der Waals surface area contributed by atoms with E-state index in [4.69, 9.17) is 19.8 Å². The van der Waals surface area contributed by atoms with Gasteiger partial charge in [-0.3, -0.25) is 9.88 Å². The summed E-state index contributed by atoms with van der Waals surface area (Å²) in [6.07, 6.45) is -8.41. The van der Waals surface area contributed by atoms with Gasteiger partial charge in [0.25, 0.3) is 0 Å². The summed E-state index contributed by atoms with van der Waals surface area (Å²) in [5, 5.41) is 25.6. The lowest BCUT2D eigenvalue weighted by Crippen LogP contribution is -2.25. The van der Waals surface area contributed by atoms with Crippen molar-refractivity contribution in [2.24, 2.45) is 0 Å². The van der Waals surface area contributed by atoms with Crippen molar-refractivity contribution in [1.82, 2.24) is 9.88 Å². The number of pyridine rings is 1. The van der Waals surface area contributed by atoms with Crippen LogP contribution in [0.5, 0.6) is 0 Å². The second-order valence-corrected chi connectivity index (χ2v) is 8.03.